The number of hydrogen-bond acceptors (Lipinski definition) is 4. The van der Waals surface area contributed by atoms with Crippen LogP contribution < -0.4 is 9.62 Å². The van der Waals surface area contributed by atoms with Gasteiger partial charge in [0, 0.05) is 27.1 Å². The zero-order chi connectivity index (χ0) is 23.6. The summed E-state index contributed by atoms with van der Waals surface area (Å²) in [6, 6.07) is 14.2. The van der Waals surface area contributed by atoms with E-state index in [4.69, 9.17) is 23.2 Å². The van der Waals surface area contributed by atoms with Gasteiger partial charge in [-0.3, -0.25) is 9.10 Å². The molecule has 3 rings (SSSR count). The molecule has 11 heteroatoms. The molecule has 0 saturated carbocycles. The SMILES string of the molecule is CN(c1ccc(Cl)cc1)S(=O)(=O)c1cc(Br)cc(C(=O)Nc2ccc(Cl)cc2C(=O)O)c1. The maximum absolute atomic E-state index is 13.1. The first-order chi connectivity index (χ1) is 15.0. The summed E-state index contributed by atoms with van der Waals surface area (Å²) in [5.74, 6) is -1.97. The monoisotopic (exact) mass is 556 g/mol. The number of carbonyl (C=O) groups excluding carboxylic acids is 1. The van der Waals surface area contributed by atoms with Gasteiger partial charge in [0.05, 0.1) is 21.8 Å². The fourth-order valence-corrected chi connectivity index (χ4v) is 5.00. The third-order valence-electron chi connectivity index (χ3n) is 4.44. The second-order valence-electron chi connectivity index (χ2n) is 6.57. The predicted molar refractivity (Wildman–Crippen MR) is 128 cm³/mol. The Morgan fingerprint density at radius 2 is 1.59 bits per heavy atom. The number of rotatable bonds is 6. The van der Waals surface area contributed by atoms with E-state index >= 15 is 0 Å². The van der Waals surface area contributed by atoms with Gasteiger partial charge in [0.1, 0.15) is 0 Å². The van der Waals surface area contributed by atoms with Crippen LogP contribution in [0.4, 0.5) is 11.4 Å². The molecule has 7 nitrogen and oxygen atoms in total. The van der Waals surface area contributed by atoms with Crippen molar-refractivity contribution in [3.05, 3.63) is 86.3 Å². The third-order valence-corrected chi connectivity index (χ3v) is 7.15. The molecule has 0 unspecified atom stereocenters. The summed E-state index contributed by atoms with van der Waals surface area (Å²) in [5, 5.41) is 12.5. The molecule has 0 aliphatic carbocycles. The Labute approximate surface area is 202 Å². The highest BCUT2D eigenvalue weighted by atomic mass is 79.9. The average molecular weight is 558 g/mol. The highest BCUT2D eigenvalue weighted by molar-refractivity contribution is 9.10. The predicted octanol–water partition coefficient (Wildman–Crippen LogP) is 5.53. The van der Waals surface area contributed by atoms with E-state index in [9.17, 15) is 23.1 Å². The zero-order valence-corrected chi connectivity index (χ0v) is 20.3. The van der Waals surface area contributed by atoms with E-state index in [1.54, 1.807) is 24.3 Å². The maximum atomic E-state index is 13.1. The largest absolute Gasteiger partial charge is 0.478 e. The first-order valence-electron chi connectivity index (χ1n) is 8.88. The molecule has 0 heterocycles. The number of anilines is 2. The van der Waals surface area contributed by atoms with E-state index in [2.05, 4.69) is 21.2 Å². The van der Waals surface area contributed by atoms with Crippen LogP contribution in [0.15, 0.2) is 70.0 Å². The minimum atomic E-state index is -4.01. The summed E-state index contributed by atoms with van der Waals surface area (Å²) < 4.78 is 27.7. The van der Waals surface area contributed by atoms with Crippen LogP contribution in [0.5, 0.6) is 0 Å². The Morgan fingerprint density at radius 1 is 0.969 bits per heavy atom. The molecule has 0 aliphatic rings. The van der Waals surface area contributed by atoms with Crippen molar-refractivity contribution in [1.82, 2.24) is 0 Å². The van der Waals surface area contributed by atoms with E-state index < -0.39 is 21.9 Å². The second-order valence-corrected chi connectivity index (χ2v) is 10.3. The number of aromatic carboxylic acids is 1. The van der Waals surface area contributed by atoms with Gasteiger partial charge in [0.25, 0.3) is 15.9 Å². The Kier molecular flexibility index (Phi) is 7.14. The molecular formula is C21H15BrCl2N2O5S. The van der Waals surface area contributed by atoms with Crippen molar-refractivity contribution in [2.24, 2.45) is 0 Å². The lowest BCUT2D eigenvalue weighted by Gasteiger charge is -2.20. The van der Waals surface area contributed by atoms with Crippen LogP contribution in [0, 0.1) is 0 Å². The number of sulfonamides is 1. The molecule has 0 atom stereocenters. The second kappa shape index (κ2) is 9.50. The maximum Gasteiger partial charge on any atom is 0.337 e. The Bertz CT molecular complexity index is 1310. The molecule has 3 aromatic carbocycles. The molecule has 0 saturated heterocycles. The highest BCUT2D eigenvalue weighted by Crippen LogP contribution is 2.28. The highest BCUT2D eigenvalue weighted by Gasteiger charge is 2.24. The van der Waals surface area contributed by atoms with Crippen molar-refractivity contribution >= 4 is 72.4 Å². The number of carboxylic acid groups (broad SMARTS) is 1. The summed E-state index contributed by atoms with van der Waals surface area (Å²) in [6.07, 6.45) is 0. The van der Waals surface area contributed by atoms with Crippen LogP contribution in [0.3, 0.4) is 0 Å². The molecular weight excluding hydrogens is 543 g/mol. The molecule has 166 valence electrons. The molecule has 0 bridgehead atoms. The van der Waals surface area contributed by atoms with Crippen molar-refractivity contribution in [2.75, 3.05) is 16.7 Å². The van der Waals surface area contributed by atoms with Crippen LogP contribution in [-0.4, -0.2) is 32.4 Å². The molecule has 32 heavy (non-hydrogen) atoms. The fourth-order valence-electron chi connectivity index (χ4n) is 2.79. The lowest BCUT2D eigenvalue weighted by atomic mass is 10.1. The van der Waals surface area contributed by atoms with Crippen LogP contribution in [0.1, 0.15) is 20.7 Å². The first kappa shape index (κ1) is 24.1. The number of amides is 1. The van der Waals surface area contributed by atoms with E-state index in [0.717, 1.165) is 4.31 Å². The number of nitrogens with one attached hydrogen (secondary N) is 1. The third kappa shape index (κ3) is 5.24. The van der Waals surface area contributed by atoms with Gasteiger partial charge in [-0.2, -0.15) is 0 Å². The minimum absolute atomic E-state index is 0.00810. The quantitative estimate of drug-likeness (QED) is 0.414. The van der Waals surface area contributed by atoms with E-state index in [-0.39, 0.29) is 26.7 Å². The molecule has 0 radical (unpaired) electrons. The smallest absolute Gasteiger partial charge is 0.337 e. The minimum Gasteiger partial charge on any atom is -0.478 e. The molecule has 3 aromatic rings. The van der Waals surface area contributed by atoms with Gasteiger partial charge in [-0.25, -0.2) is 13.2 Å². The van der Waals surface area contributed by atoms with Crippen molar-refractivity contribution in [2.45, 2.75) is 4.90 Å². The molecule has 2 N–H and O–H groups in total. The van der Waals surface area contributed by atoms with Gasteiger partial charge in [0.15, 0.2) is 0 Å². The number of nitrogens with zero attached hydrogens (tertiary/aromatic N) is 1. The molecule has 0 spiro atoms. The van der Waals surface area contributed by atoms with Crippen LogP contribution >= 0.6 is 39.1 Å². The summed E-state index contributed by atoms with van der Waals surface area (Å²) in [5.41, 5.74) is 0.215. The summed E-state index contributed by atoms with van der Waals surface area (Å²) >= 11 is 14.9. The number of carboxylic acids is 1. The van der Waals surface area contributed by atoms with Crippen LogP contribution in [0.2, 0.25) is 10.0 Å². The Morgan fingerprint density at radius 3 is 2.22 bits per heavy atom. The lowest BCUT2D eigenvalue weighted by Crippen LogP contribution is -2.27. The summed E-state index contributed by atoms with van der Waals surface area (Å²) in [4.78, 5) is 24.1. The van der Waals surface area contributed by atoms with Gasteiger partial charge in [-0.1, -0.05) is 39.1 Å². The van der Waals surface area contributed by atoms with Crippen LogP contribution in [-0.2, 0) is 10.0 Å². The Hall–Kier alpha value is -2.59. The summed E-state index contributed by atoms with van der Waals surface area (Å²) in [6.45, 7) is 0. The normalized spacial score (nSPS) is 11.1. The van der Waals surface area contributed by atoms with Crippen molar-refractivity contribution in [3.8, 4) is 0 Å². The average Bonchev–Trinajstić information content (AvgIpc) is 2.74. The molecule has 0 fully saturated rings. The lowest BCUT2D eigenvalue weighted by molar-refractivity contribution is 0.0698. The number of carbonyl (C=O) groups is 2. The number of halogens is 3. The van der Waals surface area contributed by atoms with Gasteiger partial charge < -0.3 is 10.4 Å². The molecule has 0 aliphatic heterocycles. The van der Waals surface area contributed by atoms with Gasteiger partial charge >= 0.3 is 5.97 Å². The fraction of sp³-hybridized carbons (Fsp3) is 0.0476. The zero-order valence-electron chi connectivity index (χ0n) is 16.3. The van der Waals surface area contributed by atoms with Crippen molar-refractivity contribution in [3.63, 3.8) is 0 Å². The Balaban J connectivity index is 1.96. The molecule has 1 amide bonds. The standard InChI is InChI=1S/C21H15BrCl2N2O5S/c1-26(16-5-2-14(23)3-6-16)32(30,31)17-9-12(8-13(22)10-17)20(27)25-19-7-4-15(24)11-18(19)21(28)29/h2-11H,1H3,(H,25,27)(H,28,29). The molecule has 0 aromatic heterocycles. The first-order valence-corrected chi connectivity index (χ1v) is 11.9. The van der Waals surface area contributed by atoms with Gasteiger partial charge in [0.2, 0.25) is 0 Å². The van der Waals surface area contributed by atoms with Crippen molar-refractivity contribution < 1.29 is 23.1 Å². The summed E-state index contributed by atoms with van der Waals surface area (Å²) in [7, 11) is -2.63. The van der Waals surface area contributed by atoms with Crippen molar-refractivity contribution in [1.29, 1.82) is 0 Å². The van der Waals surface area contributed by atoms with Gasteiger partial charge in [-0.15, -0.1) is 0 Å². The van der Waals surface area contributed by atoms with Gasteiger partial charge in [-0.05, 0) is 60.7 Å². The van der Waals surface area contributed by atoms with E-state index in [1.807, 2.05) is 0 Å². The number of benzene rings is 3. The van der Waals surface area contributed by atoms with E-state index in [0.29, 0.717) is 15.2 Å². The van der Waals surface area contributed by atoms with E-state index in [1.165, 1.54) is 43.4 Å². The topological polar surface area (TPSA) is 104 Å². The number of hydrogen-bond donors (Lipinski definition) is 2. The van der Waals surface area contributed by atoms with Crippen LogP contribution in [0.25, 0.3) is 0 Å².